The average molecular weight is 245 g/mol. The standard InChI is InChI=1S/C12H17ClOS/c1-8(4-5-15)10-7-11(13)9(2)6-12(10)14-3/h6-8,15H,4-5H2,1-3H3. The van der Waals surface area contributed by atoms with Gasteiger partial charge in [0.2, 0.25) is 0 Å². The van der Waals surface area contributed by atoms with Crippen LogP contribution in [-0.2, 0) is 0 Å². The molecule has 0 aliphatic rings. The molecular weight excluding hydrogens is 228 g/mol. The fraction of sp³-hybridized carbons (Fsp3) is 0.500. The monoisotopic (exact) mass is 244 g/mol. The maximum atomic E-state index is 6.11. The SMILES string of the molecule is COc1cc(C)c(Cl)cc1C(C)CCS. The van der Waals surface area contributed by atoms with Crippen molar-refractivity contribution in [2.45, 2.75) is 26.2 Å². The van der Waals surface area contributed by atoms with Gasteiger partial charge in [0.25, 0.3) is 0 Å². The molecule has 15 heavy (non-hydrogen) atoms. The summed E-state index contributed by atoms with van der Waals surface area (Å²) in [6.45, 7) is 4.15. The third-order valence-corrected chi connectivity index (χ3v) is 3.27. The molecule has 1 rings (SSSR count). The highest BCUT2D eigenvalue weighted by atomic mass is 35.5. The summed E-state index contributed by atoms with van der Waals surface area (Å²) in [7, 11) is 1.69. The van der Waals surface area contributed by atoms with Crippen LogP contribution in [0.3, 0.4) is 0 Å². The Morgan fingerprint density at radius 1 is 1.47 bits per heavy atom. The molecule has 1 nitrogen and oxygen atoms in total. The summed E-state index contributed by atoms with van der Waals surface area (Å²) in [4.78, 5) is 0. The van der Waals surface area contributed by atoms with Crippen LogP contribution >= 0.6 is 24.2 Å². The Morgan fingerprint density at radius 2 is 2.13 bits per heavy atom. The van der Waals surface area contributed by atoms with Gasteiger partial charge in [-0.1, -0.05) is 18.5 Å². The van der Waals surface area contributed by atoms with E-state index >= 15 is 0 Å². The van der Waals surface area contributed by atoms with E-state index in [1.165, 1.54) is 5.56 Å². The van der Waals surface area contributed by atoms with E-state index in [0.717, 1.165) is 28.5 Å². The van der Waals surface area contributed by atoms with E-state index < -0.39 is 0 Å². The summed E-state index contributed by atoms with van der Waals surface area (Å²) in [5.41, 5.74) is 2.22. The Balaban J connectivity index is 3.09. The molecule has 1 atom stereocenters. The van der Waals surface area contributed by atoms with Crippen molar-refractivity contribution in [3.05, 3.63) is 28.3 Å². The minimum atomic E-state index is 0.426. The lowest BCUT2D eigenvalue weighted by Crippen LogP contribution is -1.99. The maximum Gasteiger partial charge on any atom is 0.122 e. The Kier molecular flexibility index (Phi) is 4.81. The molecule has 0 fully saturated rings. The molecular formula is C12H17ClOS. The maximum absolute atomic E-state index is 6.11. The largest absolute Gasteiger partial charge is 0.496 e. The van der Waals surface area contributed by atoms with Gasteiger partial charge in [0.1, 0.15) is 5.75 Å². The quantitative estimate of drug-likeness (QED) is 0.786. The molecule has 0 N–H and O–H groups in total. The van der Waals surface area contributed by atoms with Crippen molar-refractivity contribution in [2.75, 3.05) is 12.9 Å². The van der Waals surface area contributed by atoms with Gasteiger partial charge in [-0.3, -0.25) is 0 Å². The number of hydrogen-bond acceptors (Lipinski definition) is 2. The minimum absolute atomic E-state index is 0.426. The van der Waals surface area contributed by atoms with E-state index in [1.54, 1.807) is 7.11 Å². The number of hydrogen-bond donors (Lipinski definition) is 1. The lowest BCUT2D eigenvalue weighted by molar-refractivity contribution is 0.405. The lowest BCUT2D eigenvalue weighted by Gasteiger charge is -2.16. The van der Waals surface area contributed by atoms with Crippen LogP contribution in [0.5, 0.6) is 5.75 Å². The third kappa shape index (κ3) is 3.05. The van der Waals surface area contributed by atoms with Gasteiger partial charge in [-0.05, 0) is 48.3 Å². The predicted molar refractivity (Wildman–Crippen MR) is 69.6 cm³/mol. The molecule has 0 bridgehead atoms. The Bertz CT molecular complexity index is 339. The summed E-state index contributed by atoms with van der Waals surface area (Å²) < 4.78 is 5.37. The van der Waals surface area contributed by atoms with E-state index in [9.17, 15) is 0 Å². The van der Waals surface area contributed by atoms with Crippen LogP contribution in [0, 0.1) is 6.92 Å². The van der Waals surface area contributed by atoms with Gasteiger partial charge in [0.15, 0.2) is 0 Å². The van der Waals surface area contributed by atoms with E-state index in [-0.39, 0.29) is 0 Å². The van der Waals surface area contributed by atoms with Crippen LogP contribution in [0.4, 0.5) is 0 Å². The highest BCUT2D eigenvalue weighted by Gasteiger charge is 2.12. The third-order valence-electron chi connectivity index (χ3n) is 2.60. The molecule has 1 aromatic carbocycles. The summed E-state index contributed by atoms with van der Waals surface area (Å²) in [5, 5.41) is 0.803. The number of benzene rings is 1. The second kappa shape index (κ2) is 5.66. The van der Waals surface area contributed by atoms with Gasteiger partial charge in [-0.15, -0.1) is 0 Å². The molecule has 84 valence electrons. The Hall–Kier alpha value is -0.340. The molecule has 0 radical (unpaired) electrons. The fourth-order valence-electron chi connectivity index (χ4n) is 1.58. The zero-order valence-electron chi connectivity index (χ0n) is 9.38. The summed E-state index contributed by atoms with van der Waals surface area (Å²) in [6, 6.07) is 4.00. The average Bonchev–Trinajstić information content (AvgIpc) is 2.21. The first-order valence-electron chi connectivity index (χ1n) is 5.05. The zero-order chi connectivity index (χ0) is 11.4. The Morgan fingerprint density at radius 3 is 2.67 bits per heavy atom. The van der Waals surface area contributed by atoms with Gasteiger partial charge in [0.05, 0.1) is 7.11 Å². The van der Waals surface area contributed by atoms with Crippen molar-refractivity contribution in [1.82, 2.24) is 0 Å². The molecule has 1 aromatic rings. The van der Waals surface area contributed by atoms with Gasteiger partial charge in [-0.25, -0.2) is 0 Å². The number of methoxy groups -OCH3 is 1. The van der Waals surface area contributed by atoms with Crippen LogP contribution in [0.1, 0.15) is 30.4 Å². The normalized spacial score (nSPS) is 12.6. The van der Waals surface area contributed by atoms with Crippen molar-refractivity contribution in [3.8, 4) is 5.75 Å². The molecule has 0 amide bonds. The van der Waals surface area contributed by atoms with Gasteiger partial charge < -0.3 is 4.74 Å². The number of ether oxygens (including phenoxy) is 1. The van der Waals surface area contributed by atoms with Crippen LogP contribution in [0.25, 0.3) is 0 Å². The van der Waals surface area contributed by atoms with E-state index in [2.05, 4.69) is 19.6 Å². The van der Waals surface area contributed by atoms with E-state index in [4.69, 9.17) is 16.3 Å². The van der Waals surface area contributed by atoms with Gasteiger partial charge >= 0.3 is 0 Å². The molecule has 1 unspecified atom stereocenters. The first-order valence-corrected chi connectivity index (χ1v) is 6.06. The smallest absolute Gasteiger partial charge is 0.122 e. The Labute approximate surface area is 102 Å². The van der Waals surface area contributed by atoms with Crippen LogP contribution in [0.2, 0.25) is 5.02 Å². The zero-order valence-corrected chi connectivity index (χ0v) is 11.0. The first kappa shape index (κ1) is 12.7. The number of aryl methyl sites for hydroxylation is 1. The van der Waals surface area contributed by atoms with Crippen molar-refractivity contribution in [3.63, 3.8) is 0 Å². The predicted octanol–water partition coefficient (Wildman–Crippen LogP) is 4.08. The molecule has 0 saturated heterocycles. The highest BCUT2D eigenvalue weighted by molar-refractivity contribution is 7.80. The number of halogens is 1. The van der Waals surface area contributed by atoms with Crippen LogP contribution in [0.15, 0.2) is 12.1 Å². The van der Waals surface area contributed by atoms with Crippen molar-refractivity contribution < 1.29 is 4.74 Å². The molecule has 0 saturated carbocycles. The van der Waals surface area contributed by atoms with Gasteiger partial charge in [0, 0.05) is 5.02 Å². The highest BCUT2D eigenvalue weighted by Crippen LogP contribution is 2.33. The second-order valence-corrected chi connectivity index (χ2v) is 4.61. The number of thiol groups is 1. The van der Waals surface area contributed by atoms with E-state index in [1.807, 2.05) is 19.1 Å². The summed E-state index contributed by atoms with van der Waals surface area (Å²) >= 11 is 10.4. The molecule has 0 aliphatic carbocycles. The molecule has 3 heteroatoms. The van der Waals surface area contributed by atoms with Crippen molar-refractivity contribution >= 4 is 24.2 Å². The minimum Gasteiger partial charge on any atom is -0.496 e. The van der Waals surface area contributed by atoms with Crippen LogP contribution < -0.4 is 4.74 Å². The molecule has 0 aromatic heterocycles. The van der Waals surface area contributed by atoms with Gasteiger partial charge in [-0.2, -0.15) is 12.6 Å². The van der Waals surface area contributed by atoms with Crippen molar-refractivity contribution in [1.29, 1.82) is 0 Å². The van der Waals surface area contributed by atoms with E-state index in [0.29, 0.717) is 5.92 Å². The van der Waals surface area contributed by atoms with Crippen molar-refractivity contribution in [2.24, 2.45) is 0 Å². The van der Waals surface area contributed by atoms with Crippen LogP contribution in [-0.4, -0.2) is 12.9 Å². The molecule has 0 heterocycles. The summed E-state index contributed by atoms with van der Waals surface area (Å²) in [6.07, 6.45) is 1.03. The molecule has 0 spiro atoms. The summed E-state index contributed by atoms with van der Waals surface area (Å²) in [5.74, 6) is 2.22. The topological polar surface area (TPSA) is 9.23 Å². The first-order chi connectivity index (χ1) is 7.10. The molecule has 0 aliphatic heterocycles. The second-order valence-electron chi connectivity index (χ2n) is 3.76. The number of rotatable bonds is 4. The fourth-order valence-corrected chi connectivity index (χ4v) is 2.14. The lowest BCUT2D eigenvalue weighted by atomic mass is 9.96.